The van der Waals surface area contributed by atoms with Crippen LogP contribution in [0, 0.1) is 0 Å². The van der Waals surface area contributed by atoms with Crippen molar-refractivity contribution < 1.29 is 9.59 Å². The van der Waals surface area contributed by atoms with Crippen molar-refractivity contribution in [3.8, 4) is 0 Å². The van der Waals surface area contributed by atoms with Gasteiger partial charge in [0, 0.05) is 18.0 Å². The van der Waals surface area contributed by atoms with E-state index < -0.39 is 0 Å². The largest absolute Gasteiger partial charge is 0.384 e. The summed E-state index contributed by atoms with van der Waals surface area (Å²) in [6, 6.07) is 8.62. The van der Waals surface area contributed by atoms with Gasteiger partial charge in [-0.25, -0.2) is 0 Å². The number of rotatable bonds is 20. The Kier molecular flexibility index (Phi) is 16.0. The van der Waals surface area contributed by atoms with Crippen LogP contribution >= 0.6 is 23.1 Å². The zero-order chi connectivity index (χ0) is 26.7. The van der Waals surface area contributed by atoms with Crippen LogP contribution in [0.15, 0.2) is 64.4 Å². The number of thioether (sulfide) groups is 1. The maximum absolute atomic E-state index is 11.5. The summed E-state index contributed by atoms with van der Waals surface area (Å²) in [5, 5.41) is 7.09. The number of aldehydes is 2. The number of unbranched alkanes of at least 4 members (excludes halogenated alkanes) is 5. The van der Waals surface area contributed by atoms with Crippen LogP contribution in [0.5, 0.6) is 0 Å². The van der Waals surface area contributed by atoms with Gasteiger partial charge in [-0.3, -0.25) is 9.69 Å². The Labute approximate surface area is 232 Å². The van der Waals surface area contributed by atoms with Gasteiger partial charge in [0.05, 0.1) is 16.4 Å². The van der Waals surface area contributed by atoms with Crippen LogP contribution in [0.3, 0.4) is 0 Å². The lowest BCUT2D eigenvalue weighted by molar-refractivity contribution is -0.112. The number of anilines is 1. The maximum atomic E-state index is 11.5. The van der Waals surface area contributed by atoms with Crippen LogP contribution in [0.1, 0.15) is 65.2 Å². The molecule has 1 aromatic carbocycles. The van der Waals surface area contributed by atoms with Crippen molar-refractivity contribution in [2.24, 2.45) is 0 Å². The van der Waals surface area contributed by atoms with E-state index in [1.165, 1.54) is 70.9 Å². The fourth-order valence-electron chi connectivity index (χ4n) is 4.29. The van der Waals surface area contributed by atoms with Crippen LogP contribution in [-0.2, 0) is 9.59 Å². The maximum Gasteiger partial charge on any atom is 0.142 e. The highest BCUT2D eigenvalue weighted by Crippen LogP contribution is 2.28. The Morgan fingerprint density at radius 2 is 1.84 bits per heavy atom. The molecule has 1 N–H and O–H groups in total. The number of carbonyl (C=O) groups excluding carboxylic acids is 2. The molecule has 0 amide bonds. The first-order chi connectivity index (χ1) is 18.1. The number of benzene rings is 1. The number of hydrogen-bond donors (Lipinski definition) is 1. The Morgan fingerprint density at radius 3 is 2.59 bits per heavy atom. The van der Waals surface area contributed by atoms with E-state index in [1.54, 1.807) is 17.4 Å². The molecule has 2 aromatic rings. The fraction of sp³-hybridized carbons (Fsp3) is 0.484. The molecule has 0 aliphatic heterocycles. The zero-order valence-corrected chi connectivity index (χ0v) is 24.4. The highest BCUT2D eigenvalue weighted by molar-refractivity contribution is 8.03. The van der Waals surface area contributed by atoms with Gasteiger partial charge < -0.3 is 10.1 Å². The van der Waals surface area contributed by atoms with Crippen LogP contribution in [0.4, 0.5) is 5.69 Å². The minimum Gasteiger partial charge on any atom is -0.384 e. The second kappa shape index (κ2) is 19.0. The average Bonchev–Trinajstić information content (AvgIpc) is 3.39. The third-order valence-electron chi connectivity index (χ3n) is 6.39. The highest BCUT2D eigenvalue weighted by Gasteiger charge is 2.14. The van der Waals surface area contributed by atoms with Gasteiger partial charge in [0.15, 0.2) is 0 Å². The first-order valence-corrected chi connectivity index (χ1v) is 15.4. The van der Waals surface area contributed by atoms with Crippen molar-refractivity contribution in [2.75, 3.05) is 31.2 Å². The van der Waals surface area contributed by atoms with E-state index in [-0.39, 0.29) is 6.04 Å². The molecule has 0 radical (unpaired) electrons. The quantitative estimate of drug-likeness (QED) is 0.0792. The van der Waals surface area contributed by atoms with Gasteiger partial charge in [0.25, 0.3) is 0 Å². The molecule has 0 saturated heterocycles. The Bertz CT molecular complexity index is 1030. The van der Waals surface area contributed by atoms with Crippen LogP contribution in [0.25, 0.3) is 10.1 Å². The van der Waals surface area contributed by atoms with Crippen molar-refractivity contribution in [3.63, 3.8) is 0 Å². The first kappa shape index (κ1) is 31.1. The molecular formula is C31H44N2O2S2. The molecule has 6 heteroatoms. The van der Waals surface area contributed by atoms with Crippen LogP contribution < -0.4 is 5.32 Å². The topological polar surface area (TPSA) is 49.4 Å². The lowest BCUT2D eigenvalue weighted by atomic mass is 10.1. The average molecular weight is 541 g/mol. The third-order valence-corrected chi connectivity index (χ3v) is 8.64. The summed E-state index contributed by atoms with van der Waals surface area (Å²) in [4.78, 5) is 25.4. The number of nitrogens with one attached hydrogen (secondary N) is 1. The molecule has 0 fully saturated rings. The van der Waals surface area contributed by atoms with Crippen LogP contribution in [0.2, 0.25) is 0 Å². The summed E-state index contributed by atoms with van der Waals surface area (Å²) >= 11 is 3.68. The smallest absolute Gasteiger partial charge is 0.142 e. The Balaban J connectivity index is 1.68. The van der Waals surface area contributed by atoms with Crippen molar-refractivity contribution >= 4 is 51.4 Å². The summed E-state index contributed by atoms with van der Waals surface area (Å²) in [6.07, 6.45) is 18.5. The van der Waals surface area contributed by atoms with Crippen molar-refractivity contribution in [1.29, 1.82) is 0 Å². The summed E-state index contributed by atoms with van der Waals surface area (Å²) < 4.78 is 1.36. The highest BCUT2D eigenvalue weighted by atomic mass is 32.2. The van der Waals surface area contributed by atoms with Crippen molar-refractivity contribution in [1.82, 2.24) is 4.90 Å². The number of carbonyl (C=O) groups is 2. The van der Waals surface area contributed by atoms with E-state index in [0.29, 0.717) is 0 Å². The molecule has 1 heterocycles. The molecule has 4 nitrogen and oxygen atoms in total. The van der Waals surface area contributed by atoms with Gasteiger partial charge in [-0.15, -0.1) is 23.1 Å². The fourth-order valence-corrected chi connectivity index (χ4v) is 6.24. The van der Waals surface area contributed by atoms with Gasteiger partial charge >= 0.3 is 0 Å². The summed E-state index contributed by atoms with van der Waals surface area (Å²) in [5.74, 6) is 1.08. The van der Waals surface area contributed by atoms with E-state index >= 15 is 0 Å². The molecule has 0 aliphatic carbocycles. The summed E-state index contributed by atoms with van der Waals surface area (Å²) in [7, 11) is 2.02. The van der Waals surface area contributed by atoms with E-state index in [4.69, 9.17) is 0 Å². The molecule has 0 bridgehead atoms. The monoisotopic (exact) mass is 540 g/mol. The number of fused-ring (bicyclic) bond motifs is 1. The molecular weight excluding hydrogens is 496 g/mol. The Hall–Kier alpha value is -2.15. The van der Waals surface area contributed by atoms with E-state index in [2.05, 4.69) is 59.8 Å². The predicted octanol–water partition coefficient (Wildman–Crippen LogP) is 8.27. The minimum atomic E-state index is -0.0373. The molecule has 1 aromatic heterocycles. The van der Waals surface area contributed by atoms with Crippen LogP contribution in [-0.4, -0.2) is 49.4 Å². The van der Waals surface area contributed by atoms with Crippen molar-refractivity contribution in [2.45, 2.75) is 71.3 Å². The van der Waals surface area contributed by atoms with E-state index in [1.807, 2.05) is 24.9 Å². The number of likely N-dealkylation sites (N-methyl/N-ethyl adjacent to an activating group) is 1. The molecule has 202 valence electrons. The normalized spacial score (nSPS) is 13.5. The third kappa shape index (κ3) is 11.8. The van der Waals surface area contributed by atoms with E-state index in [9.17, 15) is 9.59 Å². The number of nitrogens with zero attached hydrogens (tertiary/aromatic N) is 1. The Morgan fingerprint density at radius 1 is 1.05 bits per heavy atom. The molecule has 2 rings (SSSR count). The molecule has 0 aliphatic rings. The van der Waals surface area contributed by atoms with Gasteiger partial charge in [-0.05, 0) is 79.6 Å². The molecule has 0 spiro atoms. The van der Waals surface area contributed by atoms with E-state index in [0.717, 1.165) is 44.3 Å². The second-order valence-corrected chi connectivity index (χ2v) is 11.5. The number of thiophene rings is 1. The predicted molar refractivity (Wildman–Crippen MR) is 165 cm³/mol. The number of hydrogen-bond acceptors (Lipinski definition) is 6. The molecule has 37 heavy (non-hydrogen) atoms. The molecule has 1 unspecified atom stereocenters. The molecule has 0 saturated carbocycles. The lowest BCUT2D eigenvalue weighted by Gasteiger charge is -2.24. The lowest BCUT2D eigenvalue weighted by Crippen LogP contribution is -2.34. The zero-order valence-electron chi connectivity index (χ0n) is 22.8. The minimum absolute atomic E-state index is 0.0373. The van der Waals surface area contributed by atoms with Crippen molar-refractivity contribution in [3.05, 3.63) is 64.4 Å². The number of allylic oxidation sites excluding steroid dienone is 4. The summed E-state index contributed by atoms with van der Waals surface area (Å²) in [6.45, 7) is 6.05. The van der Waals surface area contributed by atoms with Gasteiger partial charge in [0.1, 0.15) is 12.6 Å². The second-order valence-electron chi connectivity index (χ2n) is 9.47. The standard InChI is InChI=1S/C31H44N2O2S2/c1-4-15-28(25-35)33(3)24-26(2)30(18-10-9-12-21-34)36-22-13-8-6-5-7-11-20-32-29-17-14-16-27-19-23-37-31(27)29/h9-10,12,14,16-19,21,23,25,28,32H,4-8,11,13,15,20,22,24H2,1-3H3/b12-9+,18-10-,30-26-. The van der Waals surface area contributed by atoms with Gasteiger partial charge in [-0.2, -0.15) is 0 Å². The first-order valence-electron chi connectivity index (χ1n) is 13.6. The SMILES string of the molecule is CCCC(C=O)N(C)C/C(C)=C(/C=C\C=C\C=O)SCCCCCCCCNc1cccc2ccsc12. The van der Waals surface area contributed by atoms with Gasteiger partial charge in [0.2, 0.25) is 0 Å². The van der Waals surface area contributed by atoms with Gasteiger partial charge in [-0.1, -0.05) is 63.3 Å². The molecule has 1 atom stereocenters. The summed E-state index contributed by atoms with van der Waals surface area (Å²) in [5.41, 5.74) is 2.52.